The molecule has 0 bridgehead atoms. The number of rotatable bonds is 4. The molecule has 1 aromatic carbocycles. The Balaban J connectivity index is 1.49. The molecule has 4 heterocycles. The van der Waals surface area contributed by atoms with Gasteiger partial charge in [0.15, 0.2) is 11.6 Å². The molecule has 9 nitrogen and oxygen atoms in total. The van der Waals surface area contributed by atoms with Crippen LogP contribution in [0.15, 0.2) is 30.3 Å². The van der Waals surface area contributed by atoms with Gasteiger partial charge in [-0.1, -0.05) is 30.3 Å². The highest BCUT2D eigenvalue weighted by Gasteiger charge is 2.63. The lowest BCUT2D eigenvalue weighted by Crippen LogP contribution is -2.53. The van der Waals surface area contributed by atoms with Crippen molar-refractivity contribution in [2.45, 2.75) is 81.5 Å². The van der Waals surface area contributed by atoms with E-state index in [2.05, 4.69) is 0 Å². The number of hydroxylamine groups is 2. The highest BCUT2D eigenvalue weighted by atomic mass is 32.2. The average molecular weight is 456 g/mol. The second-order valence-corrected chi connectivity index (χ2v) is 11.1. The van der Waals surface area contributed by atoms with Gasteiger partial charge < -0.3 is 18.9 Å². The summed E-state index contributed by atoms with van der Waals surface area (Å²) in [4.78, 5) is 6.09. The van der Waals surface area contributed by atoms with Crippen molar-refractivity contribution in [3.63, 3.8) is 0 Å². The molecule has 0 aromatic heterocycles. The second-order valence-electron chi connectivity index (χ2n) is 9.37. The molecule has 6 atom stereocenters. The zero-order valence-corrected chi connectivity index (χ0v) is 18.9. The summed E-state index contributed by atoms with van der Waals surface area (Å²) in [6.07, 6.45) is -2.14. The number of hydrogen-bond donors (Lipinski definition) is 0. The quantitative estimate of drug-likeness (QED) is 0.627. The fourth-order valence-corrected chi connectivity index (χ4v) is 6.53. The van der Waals surface area contributed by atoms with Gasteiger partial charge >= 0.3 is 0 Å². The van der Waals surface area contributed by atoms with E-state index < -0.39 is 57.4 Å². The maximum absolute atomic E-state index is 12.8. The van der Waals surface area contributed by atoms with Crippen LogP contribution in [0, 0.1) is 0 Å². The highest BCUT2D eigenvalue weighted by molar-refractivity contribution is 7.87. The van der Waals surface area contributed by atoms with Gasteiger partial charge in [0.1, 0.15) is 29.7 Å². The van der Waals surface area contributed by atoms with Gasteiger partial charge in [-0.15, -0.1) is 0 Å². The average Bonchev–Trinajstić information content (AvgIpc) is 3.39. The minimum Gasteiger partial charge on any atom is -0.348 e. The minimum absolute atomic E-state index is 0.00744. The third-order valence-electron chi connectivity index (χ3n) is 6.11. The van der Waals surface area contributed by atoms with Crippen LogP contribution in [-0.2, 0) is 44.6 Å². The number of ether oxygens (including phenoxy) is 4. The molecule has 0 aliphatic carbocycles. The molecule has 172 valence electrons. The van der Waals surface area contributed by atoms with Crippen molar-refractivity contribution in [1.29, 1.82) is 0 Å². The van der Waals surface area contributed by atoms with E-state index in [1.165, 1.54) is 0 Å². The molecule has 5 rings (SSSR count). The summed E-state index contributed by atoms with van der Waals surface area (Å²) in [5, 5.41) is 0.838. The van der Waals surface area contributed by atoms with Crippen LogP contribution in [0.5, 0.6) is 0 Å². The largest absolute Gasteiger partial charge is 0.348 e. The lowest BCUT2D eigenvalue weighted by atomic mass is 9.96. The Morgan fingerprint density at radius 2 is 1.65 bits per heavy atom. The van der Waals surface area contributed by atoms with Crippen LogP contribution in [0.4, 0.5) is 0 Å². The third kappa shape index (κ3) is 4.04. The molecule has 4 aliphatic rings. The molecule has 0 amide bonds. The SMILES string of the molecule is CC1(C)O[C@H]([C@@H]2[C@@H]3[C@@H](COS3(=O)=O)ON2Cc2ccccc2)[C@@H]([C@H]2COC(C)(C)O2)O1. The Kier molecular flexibility index (Phi) is 5.23. The summed E-state index contributed by atoms with van der Waals surface area (Å²) in [6.45, 7) is 8.05. The van der Waals surface area contributed by atoms with E-state index in [0.717, 1.165) is 5.56 Å². The fourth-order valence-electron chi connectivity index (χ4n) is 4.91. The van der Waals surface area contributed by atoms with E-state index in [-0.39, 0.29) is 6.61 Å². The lowest BCUT2D eigenvalue weighted by molar-refractivity contribution is -0.199. The van der Waals surface area contributed by atoms with Gasteiger partial charge in [-0.2, -0.15) is 13.5 Å². The minimum atomic E-state index is -3.82. The molecule has 0 unspecified atom stereocenters. The molecule has 10 heteroatoms. The van der Waals surface area contributed by atoms with Crippen molar-refractivity contribution < 1.29 is 36.4 Å². The first-order valence-corrected chi connectivity index (χ1v) is 12.0. The first-order valence-electron chi connectivity index (χ1n) is 10.6. The van der Waals surface area contributed by atoms with E-state index in [9.17, 15) is 8.42 Å². The van der Waals surface area contributed by atoms with E-state index in [1.54, 1.807) is 5.06 Å². The van der Waals surface area contributed by atoms with Gasteiger partial charge in [0, 0.05) is 6.54 Å². The predicted octanol–water partition coefficient (Wildman–Crippen LogP) is 1.57. The van der Waals surface area contributed by atoms with Crippen LogP contribution in [0.3, 0.4) is 0 Å². The van der Waals surface area contributed by atoms with Gasteiger partial charge in [-0.05, 0) is 33.3 Å². The first-order chi connectivity index (χ1) is 14.5. The Morgan fingerprint density at radius 3 is 2.32 bits per heavy atom. The molecule has 4 saturated heterocycles. The highest BCUT2D eigenvalue weighted by Crippen LogP contribution is 2.44. The summed E-state index contributed by atoms with van der Waals surface area (Å²) >= 11 is 0. The number of hydrogen-bond acceptors (Lipinski definition) is 9. The van der Waals surface area contributed by atoms with Crippen molar-refractivity contribution >= 4 is 10.1 Å². The Morgan fingerprint density at radius 1 is 0.935 bits per heavy atom. The van der Waals surface area contributed by atoms with Crippen molar-refractivity contribution in [2.24, 2.45) is 0 Å². The second kappa shape index (κ2) is 7.46. The third-order valence-corrected chi connectivity index (χ3v) is 7.83. The van der Waals surface area contributed by atoms with Gasteiger partial charge in [-0.25, -0.2) is 0 Å². The fraction of sp³-hybridized carbons (Fsp3) is 0.714. The van der Waals surface area contributed by atoms with Gasteiger partial charge in [0.05, 0.1) is 19.3 Å². The Bertz CT molecular complexity index is 921. The molecular formula is C21H29NO8S. The summed E-state index contributed by atoms with van der Waals surface area (Å²) in [7, 11) is -3.82. The predicted molar refractivity (Wildman–Crippen MR) is 108 cm³/mol. The van der Waals surface area contributed by atoms with E-state index in [0.29, 0.717) is 13.2 Å². The molecule has 0 spiro atoms. The molecule has 4 fully saturated rings. The monoisotopic (exact) mass is 455 g/mol. The standard InChI is InChI=1S/C21H29NO8S/c1-20(2)25-11-14(27-20)17-18(29-21(3,4)28-17)16-19-15(12-26-31(19,23)24)30-22(16)10-13-8-6-5-7-9-13/h5-9,14-19H,10-12H2,1-4H3/t14-,15-,16-,17-,18-,19+/m1/s1. The van der Waals surface area contributed by atoms with Crippen molar-refractivity contribution in [3.05, 3.63) is 35.9 Å². The Hall–Kier alpha value is -1.11. The van der Waals surface area contributed by atoms with E-state index in [1.807, 2.05) is 58.0 Å². The smallest absolute Gasteiger partial charge is 0.274 e. The maximum atomic E-state index is 12.8. The molecular weight excluding hydrogens is 426 g/mol. The first kappa shape index (κ1) is 21.7. The van der Waals surface area contributed by atoms with Gasteiger partial charge in [0.25, 0.3) is 10.1 Å². The van der Waals surface area contributed by atoms with Crippen LogP contribution in [0.25, 0.3) is 0 Å². The van der Waals surface area contributed by atoms with E-state index in [4.69, 9.17) is 28.0 Å². The number of nitrogens with zero attached hydrogens (tertiary/aromatic N) is 1. The summed E-state index contributed by atoms with van der Waals surface area (Å²) in [5.74, 6) is -1.66. The Labute approximate surface area is 182 Å². The zero-order chi connectivity index (χ0) is 22.0. The molecule has 0 radical (unpaired) electrons. The molecule has 1 aromatic rings. The van der Waals surface area contributed by atoms with Crippen LogP contribution in [-0.4, -0.2) is 74.0 Å². The summed E-state index contributed by atoms with van der Waals surface area (Å²) in [5.41, 5.74) is 1.00. The zero-order valence-electron chi connectivity index (χ0n) is 18.1. The lowest BCUT2D eigenvalue weighted by Gasteiger charge is -2.33. The molecule has 31 heavy (non-hydrogen) atoms. The van der Waals surface area contributed by atoms with Crippen LogP contribution < -0.4 is 0 Å². The molecule has 0 N–H and O–H groups in total. The summed E-state index contributed by atoms with van der Waals surface area (Å²) in [6, 6.07) is 9.14. The van der Waals surface area contributed by atoms with Gasteiger partial charge in [-0.3, -0.25) is 9.02 Å². The summed E-state index contributed by atoms with van der Waals surface area (Å²) < 4.78 is 55.1. The van der Waals surface area contributed by atoms with Crippen molar-refractivity contribution in [2.75, 3.05) is 13.2 Å². The maximum Gasteiger partial charge on any atom is 0.274 e. The number of benzene rings is 1. The van der Waals surface area contributed by atoms with Crippen LogP contribution in [0.2, 0.25) is 0 Å². The molecule has 4 aliphatic heterocycles. The van der Waals surface area contributed by atoms with Crippen LogP contribution in [0.1, 0.15) is 33.3 Å². The topological polar surface area (TPSA) is 92.8 Å². The van der Waals surface area contributed by atoms with Crippen molar-refractivity contribution in [3.8, 4) is 0 Å². The number of fused-ring (bicyclic) bond motifs is 1. The molecule has 0 saturated carbocycles. The normalized spacial score (nSPS) is 40.9. The van der Waals surface area contributed by atoms with Crippen molar-refractivity contribution in [1.82, 2.24) is 5.06 Å². The van der Waals surface area contributed by atoms with Crippen LogP contribution >= 0.6 is 0 Å². The van der Waals surface area contributed by atoms with E-state index >= 15 is 0 Å². The van der Waals surface area contributed by atoms with Gasteiger partial charge in [0.2, 0.25) is 0 Å².